The lowest BCUT2D eigenvalue weighted by molar-refractivity contribution is 0.182. The van der Waals surface area contributed by atoms with Gasteiger partial charge in [0, 0.05) is 21.4 Å². The number of methoxy groups -OCH3 is 1. The highest BCUT2D eigenvalue weighted by molar-refractivity contribution is 7.17. The molecule has 0 saturated carbocycles. The van der Waals surface area contributed by atoms with Crippen LogP contribution in [0.4, 0.5) is 0 Å². The van der Waals surface area contributed by atoms with Crippen molar-refractivity contribution in [1.29, 1.82) is 0 Å². The number of rotatable bonds is 4. The third-order valence-corrected chi connectivity index (χ3v) is 5.16. The molecule has 0 bridgehead atoms. The smallest absolute Gasteiger partial charge is 0.129 e. The Morgan fingerprint density at radius 2 is 2.05 bits per heavy atom. The first-order valence-corrected chi connectivity index (χ1v) is 7.79. The standard InChI is InChI=1S/C15H14O2S2/c1-17-11-7-15(19-9-11)13(16)6-10-8-18-14-5-3-2-4-12(10)14/h2-5,7-9,13,16H,6H2,1H3. The molecule has 0 aliphatic carbocycles. The monoisotopic (exact) mass is 290 g/mol. The summed E-state index contributed by atoms with van der Waals surface area (Å²) in [5, 5.41) is 15.6. The first kappa shape index (κ1) is 12.7. The van der Waals surface area contributed by atoms with Gasteiger partial charge in [0.1, 0.15) is 5.75 Å². The van der Waals surface area contributed by atoms with E-state index in [1.165, 1.54) is 27.0 Å². The minimum Gasteiger partial charge on any atom is -0.496 e. The zero-order valence-corrected chi connectivity index (χ0v) is 12.1. The summed E-state index contributed by atoms with van der Waals surface area (Å²) in [6, 6.07) is 10.2. The van der Waals surface area contributed by atoms with Crippen LogP contribution in [0.2, 0.25) is 0 Å². The summed E-state index contributed by atoms with van der Waals surface area (Å²) >= 11 is 3.27. The average Bonchev–Trinajstić information content (AvgIpc) is 3.06. The maximum atomic E-state index is 10.3. The fraction of sp³-hybridized carbons (Fsp3) is 0.200. The Bertz CT molecular complexity index is 684. The van der Waals surface area contributed by atoms with E-state index < -0.39 is 6.10 Å². The summed E-state index contributed by atoms with van der Waals surface area (Å²) in [4.78, 5) is 0.951. The van der Waals surface area contributed by atoms with E-state index in [0.29, 0.717) is 6.42 Å². The van der Waals surface area contributed by atoms with E-state index in [-0.39, 0.29) is 0 Å². The van der Waals surface area contributed by atoms with Crippen LogP contribution in [0.1, 0.15) is 16.5 Å². The van der Waals surface area contributed by atoms with Gasteiger partial charge in [0.2, 0.25) is 0 Å². The third-order valence-electron chi connectivity index (χ3n) is 3.13. The Balaban J connectivity index is 1.84. The predicted octanol–water partition coefficient (Wildman–Crippen LogP) is 4.25. The first-order chi connectivity index (χ1) is 9.28. The van der Waals surface area contributed by atoms with Crippen molar-refractivity contribution in [2.75, 3.05) is 7.11 Å². The van der Waals surface area contributed by atoms with E-state index >= 15 is 0 Å². The van der Waals surface area contributed by atoms with Crippen molar-refractivity contribution in [2.45, 2.75) is 12.5 Å². The Hall–Kier alpha value is -1.36. The van der Waals surface area contributed by atoms with Crippen LogP contribution in [-0.2, 0) is 6.42 Å². The fourth-order valence-electron chi connectivity index (χ4n) is 2.12. The van der Waals surface area contributed by atoms with Crippen molar-refractivity contribution in [2.24, 2.45) is 0 Å². The summed E-state index contributed by atoms with van der Waals surface area (Å²) in [6.45, 7) is 0. The maximum Gasteiger partial charge on any atom is 0.129 e. The van der Waals surface area contributed by atoms with Crippen molar-refractivity contribution in [3.05, 3.63) is 51.5 Å². The molecule has 3 rings (SSSR count). The molecule has 1 N–H and O–H groups in total. The lowest BCUT2D eigenvalue weighted by atomic mass is 10.1. The van der Waals surface area contributed by atoms with Gasteiger partial charge in [-0.3, -0.25) is 0 Å². The van der Waals surface area contributed by atoms with Crippen LogP contribution in [0.3, 0.4) is 0 Å². The summed E-state index contributed by atoms with van der Waals surface area (Å²) in [5.41, 5.74) is 1.21. The molecule has 2 heterocycles. The quantitative estimate of drug-likeness (QED) is 0.778. The van der Waals surface area contributed by atoms with E-state index in [1.54, 1.807) is 18.4 Å². The highest BCUT2D eigenvalue weighted by atomic mass is 32.1. The Labute approximate surface area is 119 Å². The zero-order valence-electron chi connectivity index (χ0n) is 10.5. The van der Waals surface area contributed by atoms with Gasteiger partial charge < -0.3 is 9.84 Å². The highest BCUT2D eigenvalue weighted by Crippen LogP contribution is 2.32. The number of aliphatic hydroxyl groups excluding tert-OH is 1. The van der Waals surface area contributed by atoms with Crippen LogP contribution in [0, 0.1) is 0 Å². The number of hydrogen-bond donors (Lipinski definition) is 1. The largest absolute Gasteiger partial charge is 0.496 e. The number of fused-ring (bicyclic) bond motifs is 1. The molecule has 0 aliphatic rings. The molecule has 19 heavy (non-hydrogen) atoms. The summed E-state index contributed by atoms with van der Waals surface area (Å²) in [5.74, 6) is 0.814. The average molecular weight is 290 g/mol. The van der Waals surface area contributed by atoms with Gasteiger partial charge in [-0.25, -0.2) is 0 Å². The highest BCUT2D eigenvalue weighted by Gasteiger charge is 2.14. The van der Waals surface area contributed by atoms with Gasteiger partial charge in [0.25, 0.3) is 0 Å². The predicted molar refractivity (Wildman–Crippen MR) is 81.4 cm³/mol. The molecule has 1 aromatic carbocycles. The lowest BCUT2D eigenvalue weighted by Gasteiger charge is -2.07. The molecule has 0 radical (unpaired) electrons. The van der Waals surface area contributed by atoms with Crippen LogP contribution < -0.4 is 4.74 Å². The normalized spacial score (nSPS) is 12.7. The van der Waals surface area contributed by atoms with Crippen molar-refractivity contribution < 1.29 is 9.84 Å². The molecular formula is C15H14O2S2. The van der Waals surface area contributed by atoms with Crippen LogP contribution >= 0.6 is 22.7 Å². The second-order valence-corrected chi connectivity index (χ2v) is 6.22. The Kier molecular flexibility index (Phi) is 3.55. The number of ether oxygens (including phenoxy) is 1. The molecule has 0 aliphatic heterocycles. The van der Waals surface area contributed by atoms with Crippen molar-refractivity contribution in [3.8, 4) is 5.75 Å². The van der Waals surface area contributed by atoms with Crippen LogP contribution in [-0.4, -0.2) is 12.2 Å². The third kappa shape index (κ3) is 2.52. The summed E-state index contributed by atoms with van der Waals surface area (Å²) in [7, 11) is 1.64. The van der Waals surface area contributed by atoms with E-state index in [0.717, 1.165) is 10.6 Å². The molecule has 0 amide bonds. The van der Waals surface area contributed by atoms with Crippen LogP contribution in [0.25, 0.3) is 10.1 Å². The van der Waals surface area contributed by atoms with Crippen molar-refractivity contribution >= 4 is 32.8 Å². The molecule has 1 unspecified atom stereocenters. The van der Waals surface area contributed by atoms with Crippen LogP contribution in [0.5, 0.6) is 5.75 Å². The maximum absolute atomic E-state index is 10.3. The van der Waals surface area contributed by atoms with Crippen LogP contribution in [0.15, 0.2) is 41.1 Å². The molecule has 0 saturated heterocycles. The molecule has 0 fully saturated rings. The molecule has 4 heteroatoms. The van der Waals surface area contributed by atoms with Gasteiger partial charge in [-0.1, -0.05) is 18.2 Å². The molecule has 2 nitrogen and oxygen atoms in total. The zero-order chi connectivity index (χ0) is 13.2. The number of thiophene rings is 2. The molecular weight excluding hydrogens is 276 g/mol. The first-order valence-electron chi connectivity index (χ1n) is 6.03. The molecule has 2 aromatic heterocycles. The molecule has 98 valence electrons. The molecule has 1 atom stereocenters. The molecule has 0 spiro atoms. The Morgan fingerprint density at radius 3 is 2.84 bits per heavy atom. The molecule has 3 aromatic rings. The van der Waals surface area contributed by atoms with Gasteiger partial charge >= 0.3 is 0 Å². The number of benzene rings is 1. The summed E-state index contributed by atoms with van der Waals surface area (Å²) in [6.07, 6.45) is 0.181. The summed E-state index contributed by atoms with van der Waals surface area (Å²) < 4.78 is 6.42. The SMILES string of the molecule is COc1csc(C(O)Cc2csc3ccccc23)c1. The van der Waals surface area contributed by atoms with E-state index in [2.05, 4.69) is 17.5 Å². The Morgan fingerprint density at radius 1 is 1.21 bits per heavy atom. The van der Waals surface area contributed by atoms with E-state index in [9.17, 15) is 5.11 Å². The number of hydrogen-bond acceptors (Lipinski definition) is 4. The number of aliphatic hydroxyl groups is 1. The topological polar surface area (TPSA) is 29.5 Å². The fourth-order valence-corrected chi connectivity index (χ4v) is 3.93. The minimum atomic E-state index is -0.466. The second kappa shape index (κ2) is 5.33. The van der Waals surface area contributed by atoms with Crippen molar-refractivity contribution in [3.63, 3.8) is 0 Å². The minimum absolute atomic E-state index is 0.466. The van der Waals surface area contributed by atoms with E-state index in [1.807, 2.05) is 23.6 Å². The van der Waals surface area contributed by atoms with Gasteiger partial charge in [-0.2, -0.15) is 0 Å². The second-order valence-electron chi connectivity index (χ2n) is 4.37. The lowest BCUT2D eigenvalue weighted by Crippen LogP contribution is -1.98. The van der Waals surface area contributed by atoms with Gasteiger partial charge in [0.15, 0.2) is 0 Å². The van der Waals surface area contributed by atoms with E-state index in [4.69, 9.17) is 4.74 Å². The van der Waals surface area contributed by atoms with Gasteiger partial charge in [0.05, 0.1) is 13.2 Å². The van der Waals surface area contributed by atoms with Gasteiger partial charge in [-0.05, 0) is 28.5 Å². The van der Waals surface area contributed by atoms with Crippen molar-refractivity contribution in [1.82, 2.24) is 0 Å². The van der Waals surface area contributed by atoms with Gasteiger partial charge in [-0.15, -0.1) is 22.7 Å².